The van der Waals surface area contributed by atoms with Crippen LogP contribution in [0, 0.1) is 23.4 Å². The summed E-state index contributed by atoms with van der Waals surface area (Å²) in [6.45, 7) is 2.20. The summed E-state index contributed by atoms with van der Waals surface area (Å²) >= 11 is 0. The first-order chi connectivity index (χ1) is 12.5. The van der Waals surface area contributed by atoms with Crippen LogP contribution >= 0.6 is 0 Å². The summed E-state index contributed by atoms with van der Waals surface area (Å²) < 4.78 is 45.5. The van der Waals surface area contributed by atoms with Gasteiger partial charge in [-0.3, -0.25) is 4.79 Å². The summed E-state index contributed by atoms with van der Waals surface area (Å²) in [5, 5.41) is 2.47. The molecule has 1 aliphatic rings. The van der Waals surface area contributed by atoms with Crippen molar-refractivity contribution in [3.8, 4) is 0 Å². The average molecular weight is 371 g/mol. The van der Waals surface area contributed by atoms with E-state index in [9.17, 15) is 22.8 Å². The molecule has 0 bridgehead atoms. The van der Waals surface area contributed by atoms with Crippen LogP contribution < -0.4 is 5.32 Å². The van der Waals surface area contributed by atoms with E-state index < -0.39 is 40.9 Å². The molecule has 1 aliphatic carbocycles. The van der Waals surface area contributed by atoms with E-state index in [2.05, 4.69) is 5.32 Å². The van der Waals surface area contributed by atoms with Crippen molar-refractivity contribution in [2.75, 3.05) is 6.61 Å². The summed E-state index contributed by atoms with van der Waals surface area (Å²) in [5.74, 6) is -6.29. The Labute approximate surface area is 151 Å². The number of ether oxygens (including phenoxy) is 1. The van der Waals surface area contributed by atoms with Gasteiger partial charge < -0.3 is 10.1 Å². The number of carbonyl (C=O) groups excluding carboxylic acids is 2. The number of rotatable bonds is 7. The van der Waals surface area contributed by atoms with Crippen LogP contribution in [0.3, 0.4) is 0 Å². The van der Waals surface area contributed by atoms with E-state index in [1.807, 2.05) is 6.92 Å². The molecular weight excluding hydrogens is 347 g/mol. The highest BCUT2D eigenvalue weighted by atomic mass is 19.2. The molecule has 144 valence electrons. The molecule has 0 aliphatic heterocycles. The van der Waals surface area contributed by atoms with Crippen LogP contribution in [0.5, 0.6) is 0 Å². The molecule has 4 nitrogen and oxygen atoms in total. The van der Waals surface area contributed by atoms with Gasteiger partial charge in [-0.05, 0) is 37.3 Å². The van der Waals surface area contributed by atoms with E-state index >= 15 is 0 Å². The minimum atomic E-state index is -1.71. The Morgan fingerprint density at radius 3 is 2.50 bits per heavy atom. The molecular formula is C19H24F3NO3. The number of unbranched alkanes of at least 4 members (excludes halogenated alkanes) is 1. The van der Waals surface area contributed by atoms with E-state index in [4.69, 9.17) is 4.74 Å². The van der Waals surface area contributed by atoms with Crippen molar-refractivity contribution in [3.05, 3.63) is 35.1 Å². The highest BCUT2D eigenvalue weighted by molar-refractivity contribution is 5.97. The van der Waals surface area contributed by atoms with Crippen molar-refractivity contribution < 1.29 is 27.5 Å². The molecule has 2 rings (SSSR count). The van der Waals surface area contributed by atoms with Crippen LogP contribution in [0.4, 0.5) is 13.2 Å². The van der Waals surface area contributed by atoms with E-state index in [1.165, 1.54) is 0 Å². The van der Waals surface area contributed by atoms with Crippen molar-refractivity contribution >= 4 is 11.9 Å². The van der Waals surface area contributed by atoms with Crippen LogP contribution in [-0.2, 0) is 9.53 Å². The molecule has 1 saturated carbocycles. The van der Waals surface area contributed by atoms with Crippen LogP contribution in [0.25, 0.3) is 0 Å². The van der Waals surface area contributed by atoms with Gasteiger partial charge in [0, 0.05) is 0 Å². The third-order valence-electron chi connectivity index (χ3n) is 4.68. The number of carbonyl (C=O) groups is 2. The van der Waals surface area contributed by atoms with Crippen molar-refractivity contribution in [2.45, 2.75) is 57.9 Å². The van der Waals surface area contributed by atoms with Crippen LogP contribution in [0.1, 0.15) is 62.2 Å². The molecule has 7 heteroatoms. The van der Waals surface area contributed by atoms with Gasteiger partial charge in [0.25, 0.3) is 5.91 Å². The van der Waals surface area contributed by atoms with Crippen LogP contribution in [-0.4, -0.2) is 24.5 Å². The number of esters is 1. The zero-order valence-electron chi connectivity index (χ0n) is 14.8. The Morgan fingerprint density at radius 2 is 1.85 bits per heavy atom. The Hall–Kier alpha value is -2.05. The Balaban J connectivity index is 2.15. The first-order valence-corrected chi connectivity index (χ1v) is 9.06. The lowest BCUT2D eigenvalue weighted by Crippen LogP contribution is -2.47. The third kappa shape index (κ3) is 4.99. The van der Waals surface area contributed by atoms with Crippen molar-refractivity contribution in [3.63, 3.8) is 0 Å². The monoisotopic (exact) mass is 371 g/mol. The second-order valence-corrected chi connectivity index (χ2v) is 6.59. The lowest BCUT2D eigenvalue weighted by Gasteiger charge is -2.29. The highest BCUT2D eigenvalue weighted by Crippen LogP contribution is 2.27. The zero-order chi connectivity index (χ0) is 19.1. The molecule has 0 saturated heterocycles. The average Bonchev–Trinajstić information content (AvgIpc) is 2.65. The molecule has 1 amide bonds. The fraction of sp³-hybridized carbons (Fsp3) is 0.579. The van der Waals surface area contributed by atoms with Gasteiger partial charge >= 0.3 is 5.97 Å². The first kappa shape index (κ1) is 20.3. The van der Waals surface area contributed by atoms with Crippen LogP contribution in [0.2, 0.25) is 0 Å². The number of benzene rings is 1. The van der Waals surface area contributed by atoms with Gasteiger partial charge in [0.05, 0.1) is 12.2 Å². The van der Waals surface area contributed by atoms with E-state index in [0.717, 1.165) is 44.6 Å². The number of nitrogens with one attached hydrogen (secondary N) is 1. The standard InChI is InChI=1S/C19H24F3NO3/c1-2-3-11-26-19(25)17(12-7-5-4-6-8-12)23-18(24)13-9-10-14(20)16(22)15(13)21/h9-10,12,17H,2-8,11H2,1H3,(H,23,24). The zero-order valence-corrected chi connectivity index (χ0v) is 14.8. The number of amides is 1. The predicted molar refractivity (Wildman–Crippen MR) is 90.0 cm³/mol. The van der Waals surface area contributed by atoms with Gasteiger partial charge in [0.2, 0.25) is 0 Å². The lowest BCUT2D eigenvalue weighted by atomic mass is 9.83. The van der Waals surface area contributed by atoms with Crippen molar-refractivity contribution in [1.29, 1.82) is 0 Å². The molecule has 0 aromatic heterocycles. The Kier molecular flexibility index (Phi) is 7.48. The Bertz CT molecular complexity index is 645. The van der Waals surface area contributed by atoms with Crippen molar-refractivity contribution in [2.24, 2.45) is 5.92 Å². The summed E-state index contributed by atoms with van der Waals surface area (Å²) in [7, 11) is 0. The van der Waals surface area contributed by atoms with Gasteiger partial charge in [-0.2, -0.15) is 0 Å². The van der Waals surface area contributed by atoms with Gasteiger partial charge in [-0.25, -0.2) is 18.0 Å². The van der Waals surface area contributed by atoms with Gasteiger partial charge in [0.15, 0.2) is 17.5 Å². The normalized spacial score (nSPS) is 16.2. The second-order valence-electron chi connectivity index (χ2n) is 6.59. The second kappa shape index (κ2) is 9.59. The maximum Gasteiger partial charge on any atom is 0.328 e. The molecule has 1 fully saturated rings. The predicted octanol–water partition coefficient (Wildman–Crippen LogP) is 4.13. The molecule has 0 spiro atoms. The van der Waals surface area contributed by atoms with Gasteiger partial charge in [0.1, 0.15) is 6.04 Å². The maximum atomic E-state index is 13.9. The number of hydrogen-bond donors (Lipinski definition) is 1. The highest BCUT2D eigenvalue weighted by Gasteiger charge is 2.33. The quantitative estimate of drug-likeness (QED) is 0.446. The molecule has 1 aromatic rings. The molecule has 0 heterocycles. The minimum Gasteiger partial charge on any atom is -0.464 e. The number of halogens is 3. The fourth-order valence-corrected chi connectivity index (χ4v) is 3.16. The van der Waals surface area contributed by atoms with Crippen molar-refractivity contribution in [1.82, 2.24) is 5.32 Å². The van der Waals surface area contributed by atoms with E-state index in [0.29, 0.717) is 12.5 Å². The molecule has 26 heavy (non-hydrogen) atoms. The molecule has 1 unspecified atom stereocenters. The number of hydrogen-bond acceptors (Lipinski definition) is 3. The molecule has 1 N–H and O–H groups in total. The van der Waals surface area contributed by atoms with E-state index in [-0.39, 0.29) is 12.5 Å². The molecule has 1 aromatic carbocycles. The third-order valence-corrected chi connectivity index (χ3v) is 4.68. The molecule has 1 atom stereocenters. The Morgan fingerprint density at radius 1 is 1.15 bits per heavy atom. The smallest absolute Gasteiger partial charge is 0.328 e. The maximum absolute atomic E-state index is 13.9. The summed E-state index contributed by atoms with van der Waals surface area (Å²) in [4.78, 5) is 24.8. The SMILES string of the molecule is CCCCOC(=O)C(NC(=O)c1ccc(F)c(F)c1F)C1CCCCC1. The fourth-order valence-electron chi connectivity index (χ4n) is 3.16. The first-order valence-electron chi connectivity index (χ1n) is 9.06. The largest absolute Gasteiger partial charge is 0.464 e. The minimum absolute atomic E-state index is 0.116. The lowest BCUT2D eigenvalue weighted by molar-refractivity contribution is -0.148. The topological polar surface area (TPSA) is 55.4 Å². The van der Waals surface area contributed by atoms with Gasteiger partial charge in [-0.15, -0.1) is 0 Å². The summed E-state index contributed by atoms with van der Waals surface area (Å²) in [5.41, 5.74) is -0.633. The summed E-state index contributed by atoms with van der Waals surface area (Å²) in [6, 6.07) is 0.624. The summed E-state index contributed by atoms with van der Waals surface area (Å²) in [6.07, 6.45) is 5.96. The molecule has 0 radical (unpaired) electrons. The van der Waals surface area contributed by atoms with E-state index in [1.54, 1.807) is 0 Å². The van der Waals surface area contributed by atoms with Crippen LogP contribution in [0.15, 0.2) is 12.1 Å². The van der Waals surface area contributed by atoms with Gasteiger partial charge in [-0.1, -0.05) is 32.6 Å².